The number of esters is 2. The highest BCUT2D eigenvalue weighted by Gasteiger charge is 2.02. The standard InChI is InChI=1S/C26H48O4/c1-3-5-23-29-25(27)21-19-17-15-13-11-9-7-8-10-12-14-16-18-20-22-26(28)30-24-6-4-2/h7-8H,3-6,9-24H2,1-2H3/b8-7+. The molecular weight excluding hydrogens is 376 g/mol. The Morgan fingerprint density at radius 2 is 0.900 bits per heavy atom. The third-order valence-corrected chi connectivity index (χ3v) is 5.19. The van der Waals surface area contributed by atoms with E-state index in [1.165, 1.54) is 51.4 Å². The molecule has 0 aliphatic rings. The summed E-state index contributed by atoms with van der Waals surface area (Å²) in [6, 6.07) is 0. The number of ether oxygens (including phenoxy) is 2. The summed E-state index contributed by atoms with van der Waals surface area (Å²) in [6.07, 6.45) is 23.8. The zero-order valence-corrected chi connectivity index (χ0v) is 19.9. The fourth-order valence-electron chi connectivity index (χ4n) is 3.16. The molecule has 0 N–H and O–H groups in total. The molecular formula is C26H48O4. The van der Waals surface area contributed by atoms with Gasteiger partial charge < -0.3 is 9.47 Å². The number of hydrogen-bond acceptors (Lipinski definition) is 4. The molecule has 0 unspecified atom stereocenters. The van der Waals surface area contributed by atoms with E-state index in [1.54, 1.807) is 0 Å². The predicted octanol–water partition coefficient (Wildman–Crippen LogP) is 7.69. The predicted molar refractivity (Wildman–Crippen MR) is 126 cm³/mol. The molecule has 176 valence electrons. The lowest BCUT2D eigenvalue weighted by atomic mass is 10.1. The van der Waals surface area contributed by atoms with Crippen molar-refractivity contribution in [1.29, 1.82) is 0 Å². The van der Waals surface area contributed by atoms with Crippen LogP contribution in [0.15, 0.2) is 12.2 Å². The molecule has 4 heteroatoms. The fraction of sp³-hybridized carbons (Fsp3) is 0.846. The molecule has 4 nitrogen and oxygen atoms in total. The lowest BCUT2D eigenvalue weighted by molar-refractivity contribution is -0.144. The third-order valence-electron chi connectivity index (χ3n) is 5.19. The molecule has 30 heavy (non-hydrogen) atoms. The van der Waals surface area contributed by atoms with Gasteiger partial charge in [-0.25, -0.2) is 0 Å². The molecule has 0 aromatic carbocycles. The Morgan fingerprint density at radius 3 is 1.30 bits per heavy atom. The maximum absolute atomic E-state index is 11.5. The number of unbranched alkanes of at least 4 members (excludes halogenated alkanes) is 12. The van der Waals surface area contributed by atoms with Crippen LogP contribution in [0.4, 0.5) is 0 Å². The van der Waals surface area contributed by atoms with E-state index < -0.39 is 0 Å². The van der Waals surface area contributed by atoms with E-state index in [2.05, 4.69) is 26.0 Å². The first-order chi connectivity index (χ1) is 14.7. The minimum atomic E-state index is -0.0312. The van der Waals surface area contributed by atoms with Crippen molar-refractivity contribution in [2.24, 2.45) is 0 Å². The SMILES string of the molecule is CCCCOC(=O)CCCCCCC/C=C/CCCCCCCC(=O)OCCCC. The van der Waals surface area contributed by atoms with E-state index in [9.17, 15) is 9.59 Å². The van der Waals surface area contributed by atoms with Gasteiger partial charge in [0.05, 0.1) is 13.2 Å². The van der Waals surface area contributed by atoms with Gasteiger partial charge in [-0.2, -0.15) is 0 Å². The molecule has 0 amide bonds. The Labute approximate surface area is 186 Å². The van der Waals surface area contributed by atoms with Crippen molar-refractivity contribution < 1.29 is 19.1 Å². The molecule has 0 spiro atoms. The molecule has 0 aliphatic heterocycles. The van der Waals surface area contributed by atoms with E-state index in [0.717, 1.165) is 51.4 Å². The molecule has 0 rings (SSSR count). The largest absolute Gasteiger partial charge is 0.466 e. The summed E-state index contributed by atoms with van der Waals surface area (Å²) >= 11 is 0. The van der Waals surface area contributed by atoms with Gasteiger partial charge in [-0.15, -0.1) is 0 Å². The van der Waals surface area contributed by atoms with Gasteiger partial charge in [-0.05, 0) is 51.4 Å². The lowest BCUT2D eigenvalue weighted by Crippen LogP contribution is -2.05. The average Bonchev–Trinajstić information content (AvgIpc) is 2.73. The van der Waals surface area contributed by atoms with Crippen molar-refractivity contribution in [1.82, 2.24) is 0 Å². The maximum Gasteiger partial charge on any atom is 0.305 e. The molecule has 0 heterocycles. The third kappa shape index (κ3) is 23.0. The van der Waals surface area contributed by atoms with Gasteiger partial charge in [0.15, 0.2) is 0 Å². The Balaban J connectivity index is 3.24. The Hall–Kier alpha value is -1.32. The smallest absolute Gasteiger partial charge is 0.305 e. The highest BCUT2D eigenvalue weighted by Crippen LogP contribution is 2.11. The fourth-order valence-corrected chi connectivity index (χ4v) is 3.16. The van der Waals surface area contributed by atoms with Crippen molar-refractivity contribution in [2.45, 2.75) is 129 Å². The summed E-state index contributed by atoms with van der Waals surface area (Å²) in [5.41, 5.74) is 0. The van der Waals surface area contributed by atoms with Gasteiger partial charge in [0.1, 0.15) is 0 Å². The number of rotatable bonds is 22. The molecule has 0 fully saturated rings. The summed E-state index contributed by atoms with van der Waals surface area (Å²) < 4.78 is 10.3. The number of hydrogen-bond donors (Lipinski definition) is 0. The van der Waals surface area contributed by atoms with E-state index in [0.29, 0.717) is 26.1 Å². The van der Waals surface area contributed by atoms with Gasteiger partial charge >= 0.3 is 11.9 Å². The molecule has 0 bridgehead atoms. The summed E-state index contributed by atoms with van der Waals surface area (Å²) in [4.78, 5) is 22.9. The van der Waals surface area contributed by atoms with E-state index in [1.807, 2.05) is 0 Å². The van der Waals surface area contributed by atoms with Crippen molar-refractivity contribution in [2.75, 3.05) is 13.2 Å². The van der Waals surface area contributed by atoms with Crippen LogP contribution in [-0.2, 0) is 19.1 Å². The van der Waals surface area contributed by atoms with Crippen molar-refractivity contribution >= 4 is 11.9 Å². The number of carbonyl (C=O) groups is 2. The van der Waals surface area contributed by atoms with Gasteiger partial charge in [0.25, 0.3) is 0 Å². The monoisotopic (exact) mass is 424 g/mol. The second-order valence-electron chi connectivity index (χ2n) is 8.23. The molecule has 0 aromatic heterocycles. The summed E-state index contributed by atoms with van der Waals surface area (Å²) in [7, 11) is 0. The van der Waals surface area contributed by atoms with Crippen LogP contribution in [0.3, 0.4) is 0 Å². The van der Waals surface area contributed by atoms with Crippen LogP contribution in [-0.4, -0.2) is 25.2 Å². The van der Waals surface area contributed by atoms with Crippen molar-refractivity contribution in [3.8, 4) is 0 Å². The highest BCUT2D eigenvalue weighted by molar-refractivity contribution is 5.69. The zero-order valence-electron chi connectivity index (χ0n) is 19.9. The van der Waals surface area contributed by atoms with Gasteiger partial charge in [-0.1, -0.05) is 77.4 Å². The van der Waals surface area contributed by atoms with Gasteiger partial charge in [0.2, 0.25) is 0 Å². The highest BCUT2D eigenvalue weighted by atomic mass is 16.5. The zero-order chi connectivity index (χ0) is 22.1. The molecule has 0 aliphatic carbocycles. The van der Waals surface area contributed by atoms with Crippen LogP contribution >= 0.6 is 0 Å². The summed E-state index contributed by atoms with van der Waals surface area (Å²) in [6.45, 7) is 5.36. The first-order valence-electron chi connectivity index (χ1n) is 12.7. The van der Waals surface area contributed by atoms with Crippen LogP contribution in [0, 0.1) is 0 Å². The summed E-state index contributed by atoms with van der Waals surface area (Å²) in [5.74, 6) is -0.0624. The first-order valence-corrected chi connectivity index (χ1v) is 12.7. The maximum atomic E-state index is 11.5. The van der Waals surface area contributed by atoms with Crippen LogP contribution in [0.25, 0.3) is 0 Å². The first kappa shape index (κ1) is 28.7. The van der Waals surface area contributed by atoms with E-state index in [4.69, 9.17) is 9.47 Å². The Kier molecular flexibility index (Phi) is 22.9. The van der Waals surface area contributed by atoms with E-state index >= 15 is 0 Å². The molecule has 0 saturated heterocycles. The minimum absolute atomic E-state index is 0.0312. The van der Waals surface area contributed by atoms with E-state index in [-0.39, 0.29) is 11.9 Å². The summed E-state index contributed by atoms with van der Waals surface area (Å²) in [5, 5.41) is 0. The topological polar surface area (TPSA) is 52.6 Å². The van der Waals surface area contributed by atoms with Crippen molar-refractivity contribution in [3.63, 3.8) is 0 Å². The van der Waals surface area contributed by atoms with Crippen molar-refractivity contribution in [3.05, 3.63) is 12.2 Å². The van der Waals surface area contributed by atoms with Gasteiger partial charge in [-0.3, -0.25) is 9.59 Å². The molecule has 0 atom stereocenters. The second kappa shape index (κ2) is 24.0. The quantitative estimate of drug-likeness (QED) is 0.101. The lowest BCUT2D eigenvalue weighted by Gasteiger charge is -2.04. The van der Waals surface area contributed by atoms with Gasteiger partial charge in [0, 0.05) is 12.8 Å². The molecule has 0 radical (unpaired) electrons. The molecule has 0 aromatic rings. The normalized spacial score (nSPS) is 11.1. The molecule has 0 saturated carbocycles. The van der Waals surface area contributed by atoms with Crippen LogP contribution in [0.1, 0.15) is 129 Å². The number of allylic oxidation sites excluding steroid dienone is 2. The Morgan fingerprint density at radius 1 is 0.533 bits per heavy atom. The van der Waals surface area contributed by atoms with Crippen LogP contribution in [0.2, 0.25) is 0 Å². The number of carbonyl (C=O) groups excluding carboxylic acids is 2. The Bertz CT molecular complexity index is 379. The minimum Gasteiger partial charge on any atom is -0.466 e. The average molecular weight is 425 g/mol. The van der Waals surface area contributed by atoms with Crippen LogP contribution < -0.4 is 0 Å². The second-order valence-corrected chi connectivity index (χ2v) is 8.23. The van der Waals surface area contributed by atoms with Crippen LogP contribution in [0.5, 0.6) is 0 Å².